The topological polar surface area (TPSA) is 92.2 Å². The number of benzene rings is 2. The lowest BCUT2D eigenvalue weighted by atomic mass is 10.0. The summed E-state index contributed by atoms with van der Waals surface area (Å²) in [5.74, 6) is -0.0829. The predicted molar refractivity (Wildman–Crippen MR) is 150 cm³/mol. The van der Waals surface area contributed by atoms with E-state index < -0.39 is 0 Å². The minimum absolute atomic E-state index is 0.169. The van der Waals surface area contributed by atoms with E-state index >= 15 is 0 Å². The molecule has 11 heteroatoms. The van der Waals surface area contributed by atoms with Gasteiger partial charge in [0.25, 0.3) is 11.5 Å². The highest BCUT2D eigenvalue weighted by atomic mass is 35.5. The minimum atomic E-state index is -0.335. The largest absolute Gasteiger partial charge is 0.377 e. The number of anilines is 2. The van der Waals surface area contributed by atoms with Gasteiger partial charge in [0.1, 0.15) is 11.0 Å². The van der Waals surface area contributed by atoms with Gasteiger partial charge in [-0.25, -0.2) is 14.4 Å². The van der Waals surface area contributed by atoms with Crippen molar-refractivity contribution in [2.75, 3.05) is 16.5 Å². The predicted octanol–water partition coefficient (Wildman–Crippen LogP) is 5.13. The third-order valence-corrected chi connectivity index (χ3v) is 7.25. The van der Waals surface area contributed by atoms with Gasteiger partial charge in [0.05, 0.1) is 34.4 Å². The van der Waals surface area contributed by atoms with Gasteiger partial charge < -0.3 is 10.2 Å². The summed E-state index contributed by atoms with van der Waals surface area (Å²) in [6, 6.07) is 9.74. The van der Waals surface area contributed by atoms with Gasteiger partial charge in [0.15, 0.2) is 0 Å². The Morgan fingerprint density at radius 3 is 2.71 bits per heavy atom. The van der Waals surface area contributed by atoms with Crippen molar-refractivity contribution in [1.82, 2.24) is 19.3 Å². The number of carbonyl (C=O) groups excluding carboxylic acids is 1. The van der Waals surface area contributed by atoms with E-state index in [1.165, 1.54) is 36.3 Å². The van der Waals surface area contributed by atoms with Gasteiger partial charge in [0, 0.05) is 32.0 Å². The van der Waals surface area contributed by atoms with Gasteiger partial charge in [0.2, 0.25) is 5.95 Å². The van der Waals surface area contributed by atoms with Crippen LogP contribution in [0.2, 0.25) is 5.15 Å². The van der Waals surface area contributed by atoms with E-state index in [4.69, 9.17) is 16.6 Å². The Labute approximate surface area is 228 Å². The maximum Gasteiger partial charge on any atom is 0.263 e. The molecule has 1 amide bonds. The summed E-state index contributed by atoms with van der Waals surface area (Å²) in [6.45, 7) is 4.85. The Bertz CT molecular complexity index is 1640. The van der Waals surface area contributed by atoms with Crippen LogP contribution in [0.15, 0.2) is 47.4 Å². The summed E-state index contributed by atoms with van der Waals surface area (Å²) < 4.78 is 18.1. The summed E-state index contributed by atoms with van der Waals surface area (Å²) >= 11 is 7.26. The number of fused-ring (bicyclic) bond motifs is 2. The second kappa shape index (κ2) is 10.3. The molecule has 0 saturated carbocycles. The molecule has 2 N–H and O–H groups in total. The molecule has 8 nitrogen and oxygen atoms in total. The molecule has 1 unspecified atom stereocenters. The Morgan fingerprint density at radius 1 is 1.18 bits per heavy atom. The van der Waals surface area contributed by atoms with Crippen molar-refractivity contribution in [3.05, 3.63) is 91.7 Å². The second-order valence-corrected chi connectivity index (χ2v) is 10.3. The number of rotatable bonds is 6. The van der Waals surface area contributed by atoms with E-state index in [1.54, 1.807) is 23.9 Å². The quantitative estimate of drug-likeness (QED) is 0.253. The van der Waals surface area contributed by atoms with E-state index in [2.05, 4.69) is 15.0 Å². The first-order valence-electron chi connectivity index (χ1n) is 11.9. The number of nitrogens with one attached hydrogen (secondary N) is 2. The van der Waals surface area contributed by atoms with Gasteiger partial charge in [-0.3, -0.25) is 18.9 Å². The first-order chi connectivity index (χ1) is 18.2. The number of amides is 1. The van der Waals surface area contributed by atoms with Crippen molar-refractivity contribution in [3.63, 3.8) is 0 Å². The van der Waals surface area contributed by atoms with Crippen LogP contribution in [0.25, 0.3) is 10.9 Å². The monoisotopic (exact) mass is 552 g/mol. The summed E-state index contributed by atoms with van der Waals surface area (Å²) in [5.41, 5.74) is 4.85. The highest BCUT2D eigenvalue weighted by Gasteiger charge is 2.25. The molecular weight excluding hydrogens is 527 g/mol. The first kappa shape index (κ1) is 26.0. The number of hydrogen-bond donors (Lipinski definition) is 2. The molecule has 196 valence electrons. The van der Waals surface area contributed by atoms with E-state index in [0.717, 1.165) is 22.3 Å². The maximum atomic E-state index is 13.8. The highest BCUT2D eigenvalue weighted by Crippen LogP contribution is 2.32. The molecule has 0 spiro atoms. The van der Waals surface area contributed by atoms with Crippen LogP contribution in [0.1, 0.15) is 45.6 Å². The third-order valence-electron chi connectivity index (χ3n) is 6.65. The molecule has 3 heterocycles. The second-order valence-electron chi connectivity index (χ2n) is 9.35. The van der Waals surface area contributed by atoms with Crippen LogP contribution in [0.3, 0.4) is 0 Å². The zero-order valence-corrected chi connectivity index (χ0v) is 22.9. The van der Waals surface area contributed by atoms with Crippen LogP contribution in [-0.4, -0.2) is 26.7 Å². The van der Waals surface area contributed by atoms with Crippen molar-refractivity contribution < 1.29 is 9.18 Å². The molecule has 0 saturated heterocycles. The number of halogens is 2. The van der Waals surface area contributed by atoms with Crippen molar-refractivity contribution in [1.29, 1.82) is 0 Å². The Kier molecular flexibility index (Phi) is 7.02. The van der Waals surface area contributed by atoms with E-state index in [9.17, 15) is 14.0 Å². The lowest BCUT2D eigenvalue weighted by molar-refractivity contribution is 0.0985. The standard InChI is InChI=1S/C27H26ClFN6O2S/c1-14-7-19(15(2)31-22-11-30-23(28)10-20(22)25(36)33-38-4)24-21(8-14)26(37)34(3)27(32-24)35-12-16-5-6-18(29)9-17(16)13-35/h5-11,15,31H,12-13H2,1-4H3,(H,33,36). The summed E-state index contributed by atoms with van der Waals surface area (Å²) in [7, 11) is 1.70. The van der Waals surface area contributed by atoms with Crippen molar-refractivity contribution in [2.45, 2.75) is 33.0 Å². The Morgan fingerprint density at radius 2 is 1.95 bits per heavy atom. The molecule has 0 radical (unpaired) electrons. The molecule has 2 aromatic carbocycles. The number of nitrogens with zero attached hydrogens (tertiary/aromatic N) is 4. The van der Waals surface area contributed by atoms with Crippen LogP contribution in [-0.2, 0) is 20.1 Å². The molecule has 5 rings (SSSR count). The molecule has 38 heavy (non-hydrogen) atoms. The maximum absolute atomic E-state index is 13.8. The Balaban J connectivity index is 1.57. The molecule has 0 bridgehead atoms. The van der Waals surface area contributed by atoms with E-state index in [0.29, 0.717) is 41.2 Å². The molecule has 0 aliphatic carbocycles. The first-order valence-corrected chi connectivity index (χ1v) is 13.6. The van der Waals surface area contributed by atoms with Gasteiger partial charge in [-0.2, -0.15) is 0 Å². The van der Waals surface area contributed by atoms with Crippen LogP contribution >= 0.6 is 23.5 Å². The Hall–Kier alpha value is -3.63. The zero-order chi connectivity index (χ0) is 27.1. The summed E-state index contributed by atoms with van der Waals surface area (Å²) in [4.78, 5) is 37.2. The molecule has 1 aliphatic heterocycles. The number of pyridine rings is 1. The average Bonchev–Trinajstić information content (AvgIpc) is 3.30. The van der Waals surface area contributed by atoms with Crippen LogP contribution in [0.5, 0.6) is 0 Å². The van der Waals surface area contributed by atoms with E-state index in [-0.39, 0.29) is 28.5 Å². The van der Waals surface area contributed by atoms with Crippen LogP contribution in [0.4, 0.5) is 16.0 Å². The summed E-state index contributed by atoms with van der Waals surface area (Å²) in [6.07, 6.45) is 3.28. The lowest BCUT2D eigenvalue weighted by Crippen LogP contribution is -2.28. The fourth-order valence-corrected chi connectivity index (χ4v) is 5.30. The summed E-state index contributed by atoms with van der Waals surface area (Å²) in [5, 5.41) is 4.06. The highest BCUT2D eigenvalue weighted by molar-refractivity contribution is 7.97. The number of aromatic nitrogens is 3. The average molecular weight is 553 g/mol. The van der Waals surface area contributed by atoms with Crippen molar-refractivity contribution in [3.8, 4) is 0 Å². The fourth-order valence-electron chi connectivity index (χ4n) is 4.85. The molecule has 0 fully saturated rings. The van der Waals surface area contributed by atoms with Gasteiger partial charge in [-0.05, 0) is 54.8 Å². The minimum Gasteiger partial charge on any atom is -0.377 e. The van der Waals surface area contributed by atoms with Gasteiger partial charge >= 0.3 is 0 Å². The lowest BCUT2D eigenvalue weighted by Gasteiger charge is -2.23. The number of hydrogen-bond acceptors (Lipinski definition) is 7. The van der Waals surface area contributed by atoms with Gasteiger partial charge in [-0.1, -0.05) is 35.7 Å². The molecule has 1 aliphatic rings. The third kappa shape index (κ3) is 4.81. The molecule has 1 atom stereocenters. The zero-order valence-electron chi connectivity index (χ0n) is 21.3. The molecule has 2 aromatic heterocycles. The molecular formula is C27H26ClFN6O2S. The molecule has 4 aromatic rings. The fraction of sp³-hybridized carbons (Fsp3) is 0.259. The van der Waals surface area contributed by atoms with Gasteiger partial charge in [-0.15, -0.1) is 0 Å². The normalized spacial score (nSPS) is 13.5. The van der Waals surface area contributed by atoms with Crippen molar-refractivity contribution >= 4 is 52.0 Å². The van der Waals surface area contributed by atoms with Crippen molar-refractivity contribution in [2.24, 2.45) is 7.05 Å². The number of carbonyl (C=O) groups is 1. The SMILES string of the molecule is CSNC(=O)c1cc(Cl)ncc1NC(C)c1cc(C)cc2c(=O)n(C)c(N3Cc4ccc(F)cc4C3)nc12. The van der Waals surface area contributed by atoms with Crippen LogP contribution in [0, 0.1) is 12.7 Å². The number of aryl methyl sites for hydroxylation is 1. The van der Waals surface area contributed by atoms with Crippen LogP contribution < -0.4 is 20.5 Å². The van der Waals surface area contributed by atoms with E-state index in [1.807, 2.05) is 30.9 Å². The smallest absolute Gasteiger partial charge is 0.263 e.